The van der Waals surface area contributed by atoms with E-state index in [1.165, 1.54) is 11.1 Å². The summed E-state index contributed by atoms with van der Waals surface area (Å²) in [6.45, 7) is 1.68. The van der Waals surface area contributed by atoms with Crippen molar-refractivity contribution in [3.8, 4) is 0 Å². The molecule has 21 heavy (non-hydrogen) atoms. The van der Waals surface area contributed by atoms with E-state index in [-0.39, 0.29) is 12.5 Å². The summed E-state index contributed by atoms with van der Waals surface area (Å²) < 4.78 is 0. The molecule has 2 aromatic rings. The number of aliphatic carboxylic acids is 1. The van der Waals surface area contributed by atoms with Crippen LogP contribution in [0, 0.1) is 5.92 Å². The molecule has 2 rings (SSSR count). The quantitative estimate of drug-likeness (QED) is 0.915. The Labute approximate surface area is 122 Å². The van der Waals surface area contributed by atoms with Crippen LogP contribution in [0.2, 0.25) is 0 Å². The number of carbonyl (C=O) groups is 2. The third kappa shape index (κ3) is 3.66. The van der Waals surface area contributed by atoms with Crippen LogP contribution >= 0.6 is 0 Å². The van der Waals surface area contributed by atoms with Gasteiger partial charge in [0.25, 0.3) is 5.91 Å². The standard InChI is InChI=1S/C16H16N2O3/c1-12(16(20)21)11-18(14-7-3-2-4-8-14)15(19)13-6-5-9-17-10-13/h2-10,12H,11H2,1H3,(H,20,21). The van der Waals surface area contributed by atoms with Crippen molar-refractivity contribution in [2.24, 2.45) is 5.92 Å². The van der Waals surface area contributed by atoms with Gasteiger partial charge in [-0.05, 0) is 24.3 Å². The lowest BCUT2D eigenvalue weighted by Gasteiger charge is -2.24. The molecule has 0 saturated carbocycles. The highest BCUT2D eigenvalue weighted by Crippen LogP contribution is 2.18. The molecule has 108 valence electrons. The first-order valence-electron chi connectivity index (χ1n) is 6.59. The van der Waals surface area contributed by atoms with Crippen LogP contribution in [0.25, 0.3) is 0 Å². The molecule has 0 radical (unpaired) electrons. The third-order valence-electron chi connectivity index (χ3n) is 3.10. The average Bonchev–Trinajstić information content (AvgIpc) is 2.53. The average molecular weight is 284 g/mol. The van der Waals surface area contributed by atoms with E-state index in [1.807, 2.05) is 18.2 Å². The Kier molecular flexibility index (Phi) is 4.66. The SMILES string of the molecule is CC(CN(C(=O)c1cccnc1)c1ccccc1)C(=O)O. The van der Waals surface area contributed by atoms with E-state index in [9.17, 15) is 9.59 Å². The molecule has 0 aliphatic carbocycles. The highest BCUT2D eigenvalue weighted by atomic mass is 16.4. The second-order valence-electron chi connectivity index (χ2n) is 4.73. The number of anilines is 1. The second-order valence-corrected chi connectivity index (χ2v) is 4.73. The van der Waals surface area contributed by atoms with Crippen LogP contribution in [0.1, 0.15) is 17.3 Å². The number of carboxylic acid groups (broad SMARTS) is 1. The van der Waals surface area contributed by atoms with Gasteiger partial charge in [0, 0.05) is 24.6 Å². The van der Waals surface area contributed by atoms with Crippen LogP contribution in [0.5, 0.6) is 0 Å². The Balaban J connectivity index is 2.32. The number of carboxylic acids is 1. The van der Waals surface area contributed by atoms with Crippen LogP contribution in [0.3, 0.4) is 0 Å². The summed E-state index contributed by atoms with van der Waals surface area (Å²) in [5.41, 5.74) is 1.10. The smallest absolute Gasteiger partial charge is 0.308 e. The molecule has 1 aromatic heterocycles. The molecule has 1 unspecified atom stereocenters. The second kappa shape index (κ2) is 6.65. The monoisotopic (exact) mass is 284 g/mol. The summed E-state index contributed by atoms with van der Waals surface area (Å²) >= 11 is 0. The molecule has 1 heterocycles. The minimum absolute atomic E-state index is 0.104. The van der Waals surface area contributed by atoms with Crippen LogP contribution in [-0.4, -0.2) is 28.5 Å². The molecule has 5 nitrogen and oxygen atoms in total. The van der Waals surface area contributed by atoms with Gasteiger partial charge in [0.15, 0.2) is 0 Å². The third-order valence-corrected chi connectivity index (χ3v) is 3.10. The fraction of sp³-hybridized carbons (Fsp3) is 0.188. The molecule has 5 heteroatoms. The Morgan fingerprint density at radius 1 is 1.19 bits per heavy atom. The van der Waals surface area contributed by atoms with Gasteiger partial charge in [-0.1, -0.05) is 25.1 Å². The highest BCUT2D eigenvalue weighted by Gasteiger charge is 2.23. The lowest BCUT2D eigenvalue weighted by Crippen LogP contribution is -2.37. The molecule has 0 bridgehead atoms. The van der Waals surface area contributed by atoms with Crippen molar-refractivity contribution in [1.29, 1.82) is 0 Å². The topological polar surface area (TPSA) is 70.5 Å². The van der Waals surface area contributed by atoms with Crippen LogP contribution in [-0.2, 0) is 4.79 Å². The number of pyridine rings is 1. The van der Waals surface area contributed by atoms with Crippen LogP contribution in [0.4, 0.5) is 5.69 Å². The summed E-state index contributed by atoms with van der Waals surface area (Å²) in [5.74, 6) is -1.86. The molecule has 1 N–H and O–H groups in total. The van der Waals surface area contributed by atoms with Crippen molar-refractivity contribution in [2.75, 3.05) is 11.4 Å². The van der Waals surface area contributed by atoms with Crippen molar-refractivity contribution in [3.05, 3.63) is 60.4 Å². The van der Waals surface area contributed by atoms with E-state index in [1.54, 1.807) is 37.4 Å². The number of benzene rings is 1. The van der Waals surface area contributed by atoms with Gasteiger partial charge in [0.05, 0.1) is 11.5 Å². The van der Waals surface area contributed by atoms with Gasteiger partial charge in [-0.3, -0.25) is 14.6 Å². The van der Waals surface area contributed by atoms with E-state index < -0.39 is 11.9 Å². The maximum Gasteiger partial charge on any atom is 0.308 e. The van der Waals surface area contributed by atoms with Crippen molar-refractivity contribution >= 4 is 17.6 Å². The van der Waals surface area contributed by atoms with Gasteiger partial charge in [-0.2, -0.15) is 0 Å². The predicted octanol–water partition coefficient (Wildman–Crippen LogP) is 2.45. The molecule has 0 aliphatic rings. The number of carbonyl (C=O) groups excluding carboxylic acids is 1. The summed E-state index contributed by atoms with van der Waals surface area (Å²) in [5, 5.41) is 9.08. The molecule has 0 aliphatic heterocycles. The Bertz CT molecular complexity index is 614. The van der Waals surface area contributed by atoms with Crippen molar-refractivity contribution in [2.45, 2.75) is 6.92 Å². The summed E-state index contributed by atoms with van der Waals surface area (Å²) in [7, 11) is 0. The number of para-hydroxylation sites is 1. The minimum Gasteiger partial charge on any atom is -0.481 e. The largest absolute Gasteiger partial charge is 0.481 e. The van der Waals surface area contributed by atoms with E-state index in [0.29, 0.717) is 11.3 Å². The maximum absolute atomic E-state index is 12.6. The zero-order chi connectivity index (χ0) is 15.2. The highest BCUT2D eigenvalue weighted by molar-refractivity contribution is 6.06. The number of amides is 1. The van der Waals surface area contributed by atoms with Gasteiger partial charge in [-0.15, -0.1) is 0 Å². The van der Waals surface area contributed by atoms with Gasteiger partial charge >= 0.3 is 5.97 Å². The first kappa shape index (κ1) is 14.7. The molecular formula is C16H16N2O3. The van der Waals surface area contributed by atoms with Crippen LogP contribution in [0.15, 0.2) is 54.9 Å². The van der Waals surface area contributed by atoms with E-state index >= 15 is 0 Å². The van der Waals surface area contributed by atoms with E-state index in [4.69, 9.17) is 5.11 Å². The predicted molar refractivity (Wildman–Crippen MR) is 79.2 cm³/mol. The molecule has 0 saturated heterocycles. The molecule has 1 atom stereocenters. The van der Waals surface area contributed by atoms with Crippen LogP contribution < -0.4 is 4.90 Å². The summed E-state index contributed by atoms with van der Waals surface area (Å²) in [4.78, 5) is 29.1. The van der Waals surface area contributed by atoms with Crippen molar-refractivity contribution in [3.63, 3.8) is 0 Å². The van der Waals surface area contributed by atoms with Gasteiger partial charge < -0.3 is 10.0 Å². The maximum atomic E-state index is 12.6. The van der Waals surface area contributed by atoms with Gasteiger partial charge in [-0.25, -0.2) is 0 Å². The lowest BCUT2D eigenvalue weighted by atomic mass is 10.1. The van der Waals surface area contributed by atoms with Crippen molar-refractivity contribution < 1.29 is 14.7 Å². The Hall–Kier alpha value is -2.69. The molecule has 0 spiro atoms. The minimum atomic E-state index is -0.935. The molecule has 0 fully saturated rings. The molecule has 1 aromatic carbocycles. The Morgan fingerprint density at radius 3 is 2.48 bits per heavy atom. The zero-order valence-electron chi connectivity index (χ0n) is 11.6. The van der Waals surface area contributed by atoms with Crippen molar-refractivity contribution in [1.82, 2.24) is 4.98 Å². The first-order valence-corrected chi connectivity index (χ1v) is 6.59. The molecular weight excluding hydrogens is 268 g/mol. The van der Waals surface area contributed by atoms with E-state index in [0.717, 1.165) is 0 Å². The number of rotatable bonds is 5. The van der Waals surface area contributed by atoms with E-state index in [2.05, 4.69) is 4.98 Å². The lowest BCUT2D eigenvalue weighted by molar-refractivity contribution is -0.140. The van der Waals surface area contributed by atoms with Gasteiger partial charge in [0.1, 0.15) is 0 Å². The Morgan fingerprint density at radius 2 is 1.90 bits per heavy atom. The summed E-state index contributed by atoms with van der Waals surface area (Å²) in [6, 6.07) is 12.4. The molecule has 1 amide bonds. The number of hydrogen-bond acceptors (Lipinski definition) is 3. The normalized spacial score (nSPS) is 11.7. The number of hydrogen-bond donors (Lipinski definition) is 1. The number of aromatic nitrogens is 1. The fourth-order valence-electron chi connectivity index (χ4n) is 1.91. The number of nitrogens with zero attached hydrogens (tertiary/aromatic N) is 2. The van der Waals surface area contributed by atoms with Gasteiger partial charge in [0.2, 0.25) is 0 Å². The first-order chi connectivity index (χ1) is 10.1. The fourth-order valence-corrected chi connectivity index (χ4v) is 1.91. The zero-order valence-corrected chi connectivity index (χ0v) is 11.6. The summed E-state index contributed by atoms with van der Waals surface area (Å²) in [6.07, 6.45) is 3.06.